The zero-order chi connectivity index (χ0) is 13.0. The summed E-state index contributed by atoms with van der Waals surface area (Å²) in [6.07, 6.45) is 7.09. The fourth-order valence-corrected chi connectivity index (χ4v) is 4.55. The smallest absolute Gasteiger partial charge is 0.0181 e. The zero-order valence-electron chi connectivity index (χ0n) is 12.6. The molecule has 3 aliphatic rings. The van der Waals surface area contributed by atoms with Gasteiger partial charge in [0, 0.05) is 18.1 Å². The molecule has 2 unspecified atom stereocenters. The molecule has 2 N–H and O–H groups in total. The molecule has 2 heteroatoms. The van der Waals surface area contributed by atoms with Crippen molar-refractivity contribution in [2.45, 2.75) is 77.9 Å². The molecular weight excluding hydrogens is 220 g/mol. The van der Waals surface area contributed by atoms with E-state index in [0.717, 1.165) is 24.0 Å². The van der Waals surface area contributed by atoms with Crippen molar-refractivity contribution in [3.05, 3.63) is 0 Å². The lowest BCUT2D eigenvalue weighted by Gasteiger charge is -2.29. The van der Waals surface area contributed by atoms with E-state index in [1.54, 1.807) is 0 Å². The van der Waals surface area contributed by atoms with Gasteiger partial charge in [-0.05, 0) is 55.4 Å². The molecule has 0 radical (unpaired) electrons. The summed E-state index contributed by atoms with van der Waals surface area (Å²) in [5, 5.41) is 7.55. The van der Waals surface area contributed by atoms with E-state index in [2.05, 4.69) is 38.3 Å². The molecule has 3 fully saturated rings. The van der Waals surface area contributed by atoms with Gasteiger partial charge in [0.15, 0.2) is 0 Å². The fraction of sp³-hybridized carbons (Fsp3) is 1.00. The number of rotatable bonds is 4. The van der Waals surface area contributed by atoms with Crippen molar-refractivity contribution >= 4 is 0 Å². The van der Waals surface area contributed by atoms with Crippen molar-refractivity contribution in [2.75, 3.05) is 6.54 Å². The highest BCUT2D eigenvalue weighted by Crippen LogP contribution is 2.62. The maximum atomic E-state index is 3.81. The quantitative estimate of drug-likeness (QED) is 0.801. The van der Waals surface area contributed by atoms with Gasteiger partial charge in [-0.25, -0.2) is 0 Å². The summed E-state index contributed by atoms with van der Waals surface area (Å²) in [6.45, 7) is 10.8. The summed E-state index contributed by atoms with van der Waals surface area (Å²) in [7, 11) is 0. The maximum absolute atomic E-state index is 3.81. The van der Waals surface area contributed by atoms with Gasteiger partial charge in [-0.15, -0.1) is 0 Å². The van der Waals surface area contributed by atoms with Gasteiger partial charge >= 0.3 is 0 Å². The summed E-state index contributed by atoms with van der Waals surface area (Å²) in [5.41, 5.74) is 0.973. The van der Waals surface area contributed by atoms with Crippen LogP contribution in [0.2, 0.25) is 0 Å². The minimum absolute atomic E-state index is 0.486. The summed E-state index contributed by atoms with van der Waals surface area (Å²) < 4.78 is 0. The second kappa shape index (κ2) is 4.21. The molecule has 2 atom stereocenters. The average molecular weight is 250 g/mol. The van der Waals surface area contributed by atoms with Crippen molar-refractivity contribution in [1.82, 2.24) is 10.6 Å². The van der Waals surface area contributed by atoms with Gasteiger partial charge < -0.3 is 10.6 Å². The maximum Gasteiger partial charge on any atom is 0.0181 e. The topological polar surface area (TPSA) is 24.1 Å². The lowest BCUT2D eigenvalue weighted by atomic mass is 9.90. The highest BCUT2D eigenvalue weighted by molar-refractivity contribution is 5.17. The molecule has 0 aromatic heterocycles. The molecule has 2 aliphatic heterocycles. The largest absolute Gasteiger partial charge is 0.313 e. The Morgan fingerprint density at radius 2 is 1.56 bits per heavy atom. The van der Waals surface area contributed by atoms with Gasteiger partial charge in [0.25, 0.3) is 0 Å². The Balaban J connectivity index is 1.41. The van der Waals surface area contributed by atoms with Crippen molar-refractivity contribution in [2.24, 2.45) is 16.7 Å². The van der Waals surface area contributed by atoms with Crippen molar-refractivity contribution in [3.63, 3.8) is 0 Å². The van der Waals surface area contributed by atoms with Crippen LogP contribution >= 0.6 is 0 Å². The highest BCUT2D eigenvalue weighted by atomic mass is 15.0. The Kier molecular flexibility index (Phi) is 3.02. The average Bonchev–Trinajstić information content (AvgIpc) is 2.58. The molecular formula is C16H30N2. The van der Waals surface area contributed by atoms with Crippen molar-refractivity contribution in [3.8, 4) is 0 Å². The van der Waals surface area contributed by atoms with E-state index >= 15 is 0 Å². The first-order chi connectivity index (χ1) is 8.41. The summed E-state index contributed by atoms with van der Waals surface area (Å²) in [4.78, 5) is 0. The Morgan fingerprint density at radius 1 is 1.00 bits per heavy atom. The molecule has 2 heterocycles. The molecule has 0 spiro atoms. The van der Waals surface area contributed by atoms with Gasteiger partial charge in [0.2, 0.25) is 0 Å². The molecule has 1 aliphatic carbocycles. The Morgan fingerprint density at radius 3 is 2.06 bits per heavy atom. The minimum atomic E-state index is 0.486. The summed E-state index contributed by atoms with van der Waals surface area (Å²) in [6, 6.07) is 2.42. The predicted molar refractivity (Wildman–Crippen MR) is 76.6 cm³/mol. The van der Waals surface area contributed by atoms with Crippen LogP contribution < -0.4 is 10.6 Å². The third-order valence-corrected chi connectivity index (χ3v) is 6.49. The van der Waals surface area contributed by atoms with Gasteiger partial charge in [-0.2, -0.15) is 0 Å². The van der Waals surface area contributed by atoms with E-state index in [0.29, 0.717) is 10.8 Å². The molecule has 18 heavy (non-hydrogen) atoms. The monoisotopic (exact) mass is 250 g/mol. The third-order valence-electron chi connectivity index (χ3n) is 6.49. The molecule has 2 nitrogen and oxygen atoms in total. The van der Waals surface area contributed by atoms with E-state index in [1.807, 2.05) is 0 Å². The molecule has 104 valence electrons. The van der Waals surface area contributed by atoms with E-state index in [9.17, 15) is 0 Å². The Bertz CT molecular complexity index is 295. The summed E-state index contributed by atoms with van der Waals surface area (Å²) >= 11 is 0. The van der Waals surface area contributed by atoms with Crippen LogP contribution in [0.25, 0.3) is 0 Å². The second-order valence-corrected chi connectivity index (χ2v) is 8.09. The number of nitrogens with one attached hydrogen (secondary N) is 2. The van der Waals surface area contributed by atoms with E-state index in [1.165, 1.54) is 38.6 Å². The van der Waals surface area contributed by atoms with Crippen LogP contribution in [0.15, 0.2) is 0 Å². The molecule has 0 aromatic carbocycles. The fourth-order valence-electron chi connectivity index (χ4n) is 4.55. The van der Waals surface area contributed by atoms with E-state index < -0.39 is 0 Å². The van der Waals surface area contributed by atoms with Gasteiger partial charge in [-0.3, -0.25) is 0 Å². The van der Waals surface area contributed by atoms with Crippen LogP contribution in [0.1, 0.15) is 59.8 Å². The number of hydrogen-bond donors (Lipinski definition) is 2. The van der Waals surface area contributed by atoms with Crippen LogP contribution in [0.3, 0.4) is 0 Å². The SMILES string of the molecule is CC1(C)C(NCCC2CC3CCC(C2)N3)C1(C)C. The first-order valence-electron chi connectivity index (χ1n) is 7.90. The molecule has 0 amide bonds. The van der Waals surface area contributed by atoms with Crippen LogP contribution in [-0.4, -0.2) is 24.7 Å². The number of hydrogen-bond acceptors (Lipinski definition) is 2. The zero-order valence-corrected chi connectivity index (χ0v) is 12.6. The summed E-state index contributed by atoms with van der Waals surface area (Å²) in [5.74, 6) is 0.973. The van der Waals surface area contributed by atoms with Crippen LogP contribution in [0, 0.1) is 16.7 Å². The van der Waals surface area contributed by atoms with Gasteiger partial charge in [0.1, 0.15) is 0 Å². The van der Waals surface area contributed by atoms with Gasteiger partial charge in [-0.1, -0.05) is 27.7 Å². The molecule has 2 bridgehead atoms. The Hall–Kier alpha value is -0.0800. The number of fused-ring (bicyclic) bond motifs is 2. The lowest BCUT2D eigenvalue weighted by molar-refractivity contribution is 0.281. The molecule has 1 saturated carbocycles. The van der Waals surface area contributed by atoms with Crippen LogP contribution in [0.5, 0.6) is 0 Å². The minimum Gasteiger partial charge on any atom is -0.313 e. The predicted octanol–water partition coefficient (Wildman–Crippen LogP) is 2.93. The third kappa shape index (κ3) is 2.02. The molecule has 2 saturated heterocycles. The second-order valence-electron chi connectivity index (χ2n) is 8.09. The van der Waals surface area contributed by atoms with Crippen LogP contribution in [0.4, 0.5) is 0 Å². The molecule has 0 aromatic rings. The normalized spacial score (nSPS) is 41.0. The van der Waals surface area contributed by atoms with E-state index in [4.69, 9.17) is 0 Å². The lowest BCUT2D eigenvalue weighted by Crippen LogP contribution is -2.39. The van der Waals surface area contributed by atoms with E-state index in [-0.39, 0.29) is 0 Å². The highest BCUT2D eigenvalue weighted by Gasteiger charge is 2.64. The first kappa shape index (κ1) is 12.9. The van der Waals surface area contributed by atoms with Crippen molar-refractivity contribution in [1.29, 1.82) is 0 Å². The van der Waals surface area contributed by atoms with Crippen LogP contribution in [-0.2, 0) is 0 Å². The standard InChI is InChI=1S/C16H30N2/c1-15(2)14(16(15,3)4)17-8-7-11-9-12-5-6-13(10-11)18-12/h11-14,17-18H,5-10H2,1-4H3. The number of piperidine rings is 1. The first-order valence-corrected chi connectivity index (χ1v) is 7.90. The van der Waals surface area contributed by atoms with Crippen molar-refractivity contribution < 1.29 is 0 Å². The Labute approximate surface area is 112 Å². The van der Waals surface area contributed by atoms with Gasteiger partial charge in [0.05, 0.1) is 0 Å². The molecule has 3 rings (SSSR count).